The lowest BCUT2D eigenvalue weighted by Gasteiger charge is -2.69. The number of amides is 1. The van der Waals surface area contributed by atoms with Crippen LogP contribution < -0.4 is 10.6 Å². The van der Waals surface area contributed by atoms with Gasteiger partial charge in [0.25, 0.3) is 0 Å². The summed E-state index contributed by atoms with van der Waals surface area (Å²) in [4.78, 5) is 45.4. The Kier molecular flexibility index (Phi) is 19.2. The largest absolute Gasteiger partial charge is 0.478 e. The molecule has 1 saturated heterocycles. The minimum atomic E-state index is -1.11. The number of esters is 1. The monoisotopic (exact) mass is 1120 g/mol. The van der Waals surface area contributed by atoms with E-state index in [9.17, 15) is 19.5 Å². The van der Waals surface area contributed by atoms with Crippen molar-refractivity contribution in [2.24, 2.45) is 16.2 Å². The molecule has 4 saturated carbocycles. The molecular formula is C59H87N5O16. The number of benzene rings is 1. The number of carboxylic acid groups (broad SMARTS) is 1. The van der Waals surface area contributed by atoms with Crippen LogP contribution in [0.1, 0.15) is 149 Å². The van der Waals surface area contributed by atoms with E-state index >= 15 is 0 Å². The van der Waals surface area contributed by atoms with E-state index < -0.39 is 65.8 Å². The lowest BCUT2D eigenvalue weighted by atomic mass is 9.39. The van der Waals surface area contributed by atoms with Crippen LogP contribution in [0.4, 0.5) is 4.79 Å². The quantitative estimate of drug-likeness (QED) is 0.0418. The molecule has 3 N–H and O–H groups in total. The van der Waals surface area contributed by atoms with Crippen LogP contribution in [0.5, 0.6) is 0 Å². The minimum Gasteiger partial charge on any atom is -0.478 e. The van der Waals surface area contributed by atoms with Crippen LogP contribution >= 0.6 is 0 Å². The van der Waals surface area contributed by atoms with E-state index in [0.29, 0.717) is 49.5 Å². The Morgan fingerprint density at radius 3 is 2.05 bits per heavy atom. The second-order valence-corrected chi connectivity index (χ2v) is 25.5. The molecule has 2 aliphatic heterocycles. The van der Waals surface area contributed by atoms with Crippen LogP contribution in [0.25, 0.3) is 11.1 Å². The van der Waals surface area contributed by atoms with Gasteiger partial charge in [-0.1, -0.05) is 19.9 Å². The van der Waals surface area contributed by atoms with Crippen molar-refractivity contribution in [2.45, 2.75) is 174 Å². The van der Waals surface area contributed by atoms with Gasteiger partial charge in [-0.15, -0.1) is 0 Å². The molecule has 4 unspecified atom stereocenters. The SMILES string of the molecule is COCOC[C@@H]1OC(Cc2ccc(C(=O)O)c3c2CCNC3c2ccc(-c3cnn(CC45CC6(C)CC(C)(C4)CC(OCCNC(=O)OC(C)(C)C)(C6)C5)c3C)c(C(=O)OC(C)(C)C)n2)[C@@H](OCOC)[C@H](OCOC)[C@H]1OCOC. The van der Waals surface area contributed by atoms with E-state index in [1.165, 1.54) is 28.4 Å². The Morgan fingerprint density at radius 2 is 1.43 bits per heavy atom. The first-order chi connectivity index (χ1) is 37.9. The minimum absolute atomic E-state index is 0.0128. The van der Waals surface area contributed by atoms with Gasteiger partial charge in [0.05, 0.1) is 48.4 Å². The van der Waals surface area contributed by atoms with Gasteiger partial charge in [-0.3, -0.25) is 4.68 Å². The number of aromatic carboxylic acids is 1. The van der Waals surface area contributed by atoms with E-state index in [2.05, 4.69) is 29.2 Å². The summed E-state index contributed by atoms with van der Waals surface area (Å²) in [5.74, 6) is -1.73. The number of rotatable bonds is 25. The second-order valence-electron chi connectivity index (χ2n) is 25.5. The van der Waals surface area contributed by atoms with Crippen LogP contribution in [0, 0.1) is 23.2 Å². The molecule has 6 aliphatic rings. The van der Waals surface area contributed by atoms with E-state index in [1.54, 1.807) is 6.07 Å². The van der Waals surface area contributed by atoms with Crippen LogP contribution in [0.15, 0.2) is 30.5 Å². The van der Waals surface area contributed by atoms with Crippen LogP contribution in [0.3, 0.4) is 0 Å². The fourth-order valence-electron chi connectivity index (χ4n) is 14.6. The third kappa shape index (κ3) is 14.2. The molecule has 0 spiro atoms. The van der Waals surface area contributed by atoms with Gasteiger partial charge < -0.3 is 72.6 Å². The molecule has 21 heteroatoms. The average Bonchev–Trinajstić information content (AvgIpc) is 3.77. The normalized spacial score (nSPS) is 29.1. The van der Waals surface area contributed by atoms with Gasteiger partial charge in [-0.05, 0) is 145 Å². The van der Waals surface area contributed by atoms with Gasteiger partial charge in [0.1, 0.15) is 62.8 Å². The molecule has 1 amide bonds. The third-order valence-corrected chi connectivity index (χ3v) is 16.0. The summed E-state index contributed by atoms with van der Waals surface area (Å²) in [5.41, 5.74) is 3.20. The number of pyridine rings is 1. The number of methoxy groups -OCH3 is 4. The number of hydrogen-bond donors (Lipinski definition) is 3. The van der Waals surface area contributed by atoms with Crippen molar-refractivity contribution in [3.63, 3.8) is 0 Å². The highest BCUT2D eigenvalue weighted by Gasteiger charge is 2.66. The number of nitrogens with zero attached hydrogens (tertiary/aromatic N) is 3. The van der Waals surface area contributed by atoms with Crippen LogP contribution in [-0.2, 0) is 76.2 Å². The van der Waals surface area contributed by atoms with Crippen LogP contribution in [0.2, 0.25) is 0 Å². The Morgan fingerprint density at radius 1 is 0.787 bits per heavy atom. The molecule has 2 aromatic heterocycles. The zero-order valence-electron chi connectivity index (χ0n) is 49.3. The van der Waals surface area contributed by atoms with Gasteiger partial charge in [0, 0.05) is 71.3 Å². The molecule has 4 bridgehead atoms. The van der Waals surface area contributed by atoms with Crippen molar-refractivity contribution < 1.29 is 76.3 Å². The number of aromatic nitrogens is 3. The molecule has 1 aromatic carbocycles. The average molecular weight is 1120 g/mol. The van der Waals surface area contributed by atoms with E-state index in [4.69, 9.17) is 66.9 Å². The summed E-state index contributed by atoms with van der Waals surface area (Å²) in [6, 6.07) is 6.42. The van der Waals surface area contributed by atoms with E-state index in [-0.39, 0.29) is 73.3 Å². The summed E-state index contributed by atoms with van der Waals surface area (Å²) >= 11 is 0. The van der Waals surface area contributed by atoms with Crippen LogP contribution in [-0.4, -0.2) is 167 Å². The number of alkyl carbamates (subject to hydrolysis) is 1. The lowest BCUT2D eigenvalue weighted by molar-refractivity contribution is -0.297. The number of carbonyl (C=O) groups is 3. The fraction of sp³-hybridized carbons (Fsp3) is 0.712. The van der Waals surface area contributed by atoms with Crippen molar-refractivity contribution in [3.8, 4) is 11.1 Å². The molecule has 4 heterocycles. The van der Waals surface area contributed by atoms with Gasteiger partial charge >= 0.3 is 18.0 Å². The van der Waals surface area contributed by atoms with E-state index in [1.807, 2.05) is 72.9 Å². The Bertz CT molecular complexity index is 2630. The van der Waals surface area contributed by atoms with Gasteiger partial charge in [-0.2, -0.15) is 5.10 Å². The predicted octanol–water partition coefficient (Wildman–Crippen LogP) is 7.70. The van der Waals surface area contributed by atoms with Crippen molar-refractivity contribution in [1.29, 1.82) is 0 Å². The van der Waals surface area contributed by atoms with Crippen molar-refractivity contribution in [2.75, 3.05) is 81.9 Å². The first-order valence-corrected chi connectivity index (χ1v) is 27.9. The molecule has 80 heavy (non-hydrogen) atoms. The molecule has 8 atom stereocenters. The fourth-order valence-corrected chi connectivity index (χ4v) is 14.6. The van der Waals surface area contributed by atoms with E-state index in [0.717, 1.165) is 60.9 Å². The maximum Gasteiger partial charge on any atom is 0.407 e. The molecule has 4 aliphatic carbocycles. The highest BCUT2D eigenvalue weighted by atomic mass is 16.7. The summed E-state index contributed by atoms with van der Waals surface area (Å²) in [7, 11) is 6.10. The Hall–Kier alpha value is -4.65. The first kappa shape index (κ1) is 61.4. The highest BCUT2D eigenvalue weighted by molar-refractivity contribution is 5.96. The lowest BCUT2D eigenvalue weighted by Crippen LogP contribution is -2.64. The molecule has 5 fully saturated rings. The molecule has 444 valence electrons. The Balaban J connectivity index is 1.11. The van der Waals surface area contributed by atoms with Crippen molar-refractivity contribution in [3.05, 3.63) is 69.8 Å². The topological polar surface area (TPSA) is 237 Å². The van der Waals surface area contributed by atoms with Gasteiger partial charge in [0.15, 0.2) is 5.69 Å². The number of carboxylic acids is 1. The predicted molar refractivity (Wildman–Crippen MR) is 292 cm³/mol. The molecular weight excluding hydrogens is 1030 g/mol. The molecule has 9 rings (SSSR count). The molecule has 21 nitrogen and oxygen atoms in total. The summed E-state index contributed by atoms with van der Waals surface area (Å²) < 4.78 is 73.2. The second kappa shape index (κ2) is 25.1. The Labute approximate surface area is 471 Å². The number of hydrogen-bond acceptors (Lipinski definition) is 18. The maximum atomic E-state index is 14.5. The number of nitrogens with one attached hydrogen (secondary N) is 2. The summed E-state index contributed by atoms with van der Waals surface area (Å²) in [5, 5.41) is 22.3. The summed E-state index contributed by atoms with van der Waals surface area (Å²) in [6.45, 7) is 19.5. The number of ether oxygens (including phenoxy) is 12. The maximum absolute atomic E-state index is 14.5. The van der Waals surface area contributed by atoms with Crippen molar-refractivity contribution >= 4 is 18.0 Å². The zero-order valence-corrected chi connectivity index (χ0v) is 49.3. The number of fused-ring (bicyclic) bond motifs is 1. The smallest absolute Gasteiger partial charge is 0.407 e. The number of carbonyl (C=O) groups excluding carboxylic acids is 2. The van der Waals surface area contributed by atoms with Crippen molar-refractivity contribution in [1.82, 2.24) is 25.4 Å². The summed E-state index contributed by atoms with van der Waals surface area (Å²) in [6.07, 6.45) is 4.52. The molecule has 0 radical (unpaired) electrons. The van der Waals surface area contributed by atoms with Gasteiger partial charge in [0.2, 0.25) is 0 Å². The third-order valence-electron chi connectivity index (χ3n) is 16.0. The highest BCUT2D eigenvalue weighted by Crippen LogP contribution is 2.72. The molecule has 3 aromatic rings. The van der Waals surface area contributed by atoms with Gasteiger partial charge in [-0.25, -0.2) is 19.4 Å². The standard InChI is InChI=1S/C59H87N5O16/c1-36-41(23-62-64(36)31-58-26-56(8)25-57(9,27-58)29-59(28-56,30-58)77-21-20-61-53(68)80-55(5,6)7)39-16-17-42(63-46(39)52(67)79-54(2,3)4)47-45-38(18-19-60-47)37(14-15-40(45)51(65)66)22-43-48(74-33-70-11)50(76-35-72-13)49(75-34-71-12)44(78-43)24-73-32-69-10/h14-17,23,43-44,47-50,60H,18-22,24-35H2,1-13H3,(H,61,68)(H,65,66)/t43?,44-,47?,48+,49-,50-,56?,57?,58?,59?/m0/s1. The zero-order chi connectivity index (χ0) is 57.8. The first-order valence-electron chi connectivity index (χ1n) is 27.9.